The van der Waals surface area contributed by atoms with Crippen LogP contribution in [0.4, 0.5) is 0 Å². The highest BCUT2D eigenvalue weighted by atomic mass is 16.5. The quantitative estimate of drug-likeness (QED) is 0.857. The molecule has 0 radical (unpaired) electrons. The highest BCUT2D eigenvalue weighted by Crippen LogP contribution is 2.34. The van der Waals surface area contributed by atoms with Gasteiger partial charge in [0, 0.05) is 12.5 Å². The molecule has 1 heterocycles. The number of aromatic nitrogens is 2. The van der Waals surface area contributed by atoms with Crippen LogP contribution in [0.1, 0.15) is 69.5 Å². The zero-order chi connectivity index (χ0) is 13.1. The Morgan fingerprint density at radius 3 is 2.84 bits per heavy atom. The van der Waals surface area contributed by atoms with Crippen LogP contribution in [0.25, 0.3) is 0 Å². The summed E-state index contributed by atoms with van der Waals surface area (Å²) in [5, 5.41) is 7.83. The van der Waals surface area contributed by atoms with Crippen LogP contribution in [0.3, 0.4) is 0 Å². The van der Waals surface area contributed by atoms with Crippen LogP contribution in [0.2, 0.25) is 0 Å². The molecule has 1 N–H and O–H groups in total. The molecule has 0 amide bonds. The van der Waals surface area contributed by atoms with Crippen molar-refractivity contribution in [3.05, 3.63) is 11.7 Å². The van der Waals surface area contributed by atoms with Gasteiger partial charge in [-0.05, 0) is 44.6 Å². The van der Waals surface area contributed by atoms with Crippen molar-refractivity contribution in [2.24, 2.45) is 5.92 Å². The first-order valence-corrected chi connectivity index (χ1v) is 7.92. The van der Waals surface area contributed by atoms with Crippen molar-refractivity contribution in [1.82, 2.24) is 15.5 Å². The van der Waals surface area contributed by atoms with Gasteiger partial charge in [-0.25, -0.2) is 0 Å². The lowest BCUT2D eigenvalue weighted by atomic mass is 9.84. The third-order valence-corrected chi connectivity index (χ3v) is 4.39. The van der Waals surface area contributed by atoms with E-state index in [0.29, 0.717) is 12.0 Å². The molecule has 2 aliphatic rings. The minimum absolute atomic E-state index is 0.431. The number of hydrogen-bond donors (Lipinski definition) is 1. The highest BCUT2D eigenvalue weighted by Gasteiger charge is 2.31. The first-order chi connectivity index (χ1) is 9.36. The monoisotopic (exact) mass is 263 g/mol. The molecule has 0 saturated heterocycles. The molecular formula is C15H25N3O. The van der Waals surface area contributed by atoms with E-state index in [-0.39, 0.29) is 0 Å². The van der Waals surface area contributed by atoms with E-state index in [0.717, 1.165) is 30.6 Å². The maximum absolute atomic E-state index is 5.54. The van der Waals surface area contributed by atoms with Crippen LogP contribution in [-0.4, -0.2) is 22.7 Å². The standard InChI is InChI=1S/C15H25N3O/c1-2-9-16-13-6-4-3-5-12(13)15-17-14(18-19-15)10-11-7-8-11/h11-13,16H,2-10H2,1H3. The second-order valence-corrected chi connectivity index (χ2v) is 6.15. The van der Waals surface area contributed by atoms with Gasteiger partial charge in [0.1, 0.15) is 0 Å². The van der Waals surface area contributed by atoms with Crippen molar-refractivity contribution in [3.8, 4) is 0 Å². The highest BCUT2D eigenvalue weighted by molar-refractivity contribution is 5.02. The molecule has 2 unspecified atom stereocenters. The molecule has 2 atom stereocenters. The largest absolute Gasteiger partial charge is 0.339 e. The normalized spacial score (nSPS) is 27.6. The smallest absolute Gasteiger partial charge is 0.231 e. The number of rotatable bonds is 6. The molecule has 3 rings (SSSR count). The second-order valence-electron chi connectivity index (χ2n) is 6.15. The predicted octanol–water partition coefficient (Wildman–Crippen LogP) is 3.05. The Bertz CT molecular complexity index is 400. The summed E-state index contributed by atoms with van der Waals surface area (Å²) in [6.07, 6.45) is 9.92. The van der Waals surface area contributed by atoms with Crippen molar-refractivity contribution >= 4 is 0 Å². The summed E-state index contributed by atoms with van der Waals surface area (Å²) in [6, 6.07) is 0.530. The molecule has 106 valence electrons. The van der Waals surface area contributed by atoms with Gasteiger partial charge in [0.05, 0.1) is 5.92 Å². The Kier molecular flexibility index (Phi) is 4.16. The summed E-state index contributed by atoms with van der Waals surface area (Å²) >= 11 is 0. The van der Waals surface area contributed by atoms with Gasteiger partial charge in [-0.3, -0.25) is 0 Å². The zero-order valence-corrected chi connectivity index (χ0v) is 11.9. The lowest BCUT2D eigenvalue weighted by molar-refractivity contribution is 0.262. The van der Waals surface area contributed by atoms with Gasteiger partial charge in [0.15, 0.2) is 5.82 Å². The fraction of sp³-hybridized carbons (Fsp3) is 0.867. The minimum Gasteiger partial charge on any atom is -0.339 e. The summed E-state index contributed by atoms with van der Waals surface area (Å²) in [7, 11) is 0. The van der Waals surface area contributed by atoms with E-state index < -0.39 is 0 Å². The molecule has 0 aliphatic heterocycles. The third-order valence-electron chi connectivity index (χ3n) is 4.39. The van der Waals surface area contributed by atoms with Crippen molar-refractivity contribution in [3.63, 3.8) is 0 Å². The van der Waals surface area contributed by atoms with E-state index in [1.54, 1.807) is 0 Å². The Hall–Kier alpha value is -0.900. The fourth-order valence-electron chi connectivity index (χ4n) is 3.08. The van der Waals surface area contributed by atoms with Gasteiger partial charge in [-0.15, -0.1) is 0 Å². The first kappa shape index (κ1) is 13.1. The maximum Gasteiger partial charge on any atom is 0.231 e. The van der Waals surface area contributed by atoms with Crippen molar-refractivity contribution in [1.29, 1.82) is 0 Å². The molecule has 0 bridgehead atoms. The molecule has 1 aromatic heterocycles. The SMILES string of the molecule is CCCNC1CCCCC1c1nc(CC2CC2)no1. The third kappa shape index (κ3) is 3.35. The zero-order valence-electron chi connectivity index (χ0n) is 11.9. The fourth-order valence-corrected chi connectivity index (χ4v) is 3.08. The first-order valence-electron chi connectivity index (χ1n) is 7.92. The van der Waals surface area contributed by atoms with Gasteiger partial charge in [0.2, 0.25) is 5.89 Å². The van der Waals surface area contributed by atoms with Crippen LogP contribution >= 0.6 is 0 Å². The van der Waals surface area contributed by atoms with Crippen LogP contribution in [0.15, 0.2) is 4.52 Å². The summed E-state index contributed by atoms with van der Waals surface area (Å²) in [5.41, 5.74) is 0. The average Bonchev–Trinajstić information content (AvgIpc) is 3.13. The van der Waals surface area contributed by atoms with Crippen LogP contribution in [0.5, 0.6) is 0 Å². The van der Waals surface area contributed by atoms with Crippen LogP contribution < -0.4 is 5.32 Å². The van der Waals surface area contributed by atoms with E-state index >= 15 is 0 Å². The summed E-state index contributed by atoms with van der Waals surface area (Å²) in [4.78, 5) is 4.65. The molecule has 0 aromatic carbocycles. The Morgan fingerprint density at radius 1 is 1.21 bits per heavy atom. The molecule has 19 heavy (non-hydrogen) atoms. The molecule has 0 spiro atoms. The Balaban J connectivity index is 1.64. The average molecular weight is 263 g/mol. The molecule has 4 heteroatoms. The van der Waals surface area contributed by atoms with E-state index in [1.165, 1.54) is 44.9 Å². The number of nitrogens with zero attached hydrogens (tertiary/aromatic N) is 2. The lowest BCUT2D eigenvalue weighted by Crippen LogP contribution is -2.37. The molecule has 2 aliphatic carbocycles. The van der Waals surface area contributed by atoms with Crippen molar-refractivity contribution < 1.29 is 4.52 Å². The lowest BCUT2D eigenvalue weighted by Gasteiger charge is -2.29. The van der Waals surface area contributed by atoms with Crippen LogP contribution in [0, 0.1) is 5.92 Å². The topological polar surface area (TPSA) is 51.0 Å². The minimum atomic E-state index is 0.431. The number of hydrogen-bond acceptors (Lipinski definition) is 4. The summed E-state index contributed by atoms with van der Waals surface area (Å²) < 4.78 is 5.54. The Morgan fingerprint density at radius 2 is 2.05 bits per heavy atom. The molecular weight excluding hydrogens is 238 g/mol. The summed E-state index contributed by atoms with van der Waals surface area (Å²) in [6.45, 7) is 3.30. The van der Waals surface area contributed by atoms with Crippen molar-refractivity contribution in [2.75, 3.05) is 6.54 Å². The van der Waals surface area contributed by atoms with Gasteiger partial charge in [-0.1, -0.05) is 24.9 Å². The molecule has 2 saturated carbocycles. The van der Waals surface area contributed by atoms with E-state index in [4.69, 9.17) is 4.52 Å². The number of nitrogens with one attached hydrogen (secondary N) is 1. The summed E-state index contributed by atoms with van der Waals surface area (Å²) in [5.74, 6) is 3.06. The van der Waals surface area contributed by atoms with Crippen molar-refractivity contribution in [2.45, 2.75) is 70.3 Å². The predicted molar refractivity (Wildman–Crippen MR) is 74.0 cm³/mol. The van der Waals surface area contributed by atoms with E-state index in [2.05, 4.69) is 22.4 Å². The van der Waals surface area contributed by atoms with E-state index in [1.807, 2.05) is 0 Å². The van der Waals surface area contributed by atoms with Gasteiger partial charge in [0.25, 0.3) is 0 Å². The van der Waals surface area contributed by atoms with Gasteiger partial charge >= 0.3 is 0 Å². The van der Waals surface area contributed by atoms with Crippen LogP contribution in [-0.2, 0) is 6.42 Å². The second kappa shape index (κ2) is 6.04. The Labute approximate surface area is 115 Å². The van der Waals surface area contributed by atoms with E-state index in [9.17, 15) is 0 Å². The molecule has 4 nitrogen and oxygen atoms in total. The van der Waals surface area contributed by atoms with Gasteiger partial charge < -0.3 is 9.84 Å². The maximum atomic E-state index is 5.54. The molecule has 1 aromatic rings. The van der Waals surface area contributed by atoms with Gasteiger partial charge in [-0.2, -0.15) is 4.98 Å². The molecule has 2 fully saturated rings.